The fraction of sp³-hybridized carbons (Fsp3) is 0.571. The van der Waals surface area contributed by atoms with Gasteiger partial charge in [-0.3, -0.25) is 10.1 Å². The molecule has 6 aliphatic rings. The van der Waals surface area contributed by atoms with Gasteiger partial charge in [0, 0.05) is 63.7 Å². The van der Waals surface area contributed by atoms with Crippen LogP contribution in [0.1, 0.15) is 126 Å². The topological polar surface area (TPSA) is 385 Å². The third kappa shape index (κ3) is 25.8. The molecule has 0 spiro atoms. The van der Waals surface area contributed by atoms with E-state index in [0.717, 1.165) is 30.4 Å². The number of benzene rings is 5. The summed E-state index contributed by atoms with van der Waals surface area (Å²) in [5, 5.41) is 57.8. The molecule has 10 atom stereocenters. The predicted octanol–water partition coefficient (Wildman–Crippen LogP) is 10.3. The molecule has 11 rings (SSSR count). The highest BCUT2D eigenvalue weighted by molar-refractivity contribution is 7.89. The lowest BCUT2D eigenvalue weighted by Crippen LogP contribution is -2.52. The number of nitro benzene ring substituents is 1. The number of ether oxygens (including phenoxy) is 12. The number of carbonyl (C=O) groups excluding carboxylic acids is 3. The molecule has 32 heteroatoms. The van der Waals surface area contributed by atoms with Crippen LogP contribution >= 0.6 is 0 Å². The largest absolute Gasteiger partial charge is 0.514 e. The van der Waals surface area contributed by atoms with Crippen LogP contribution in [0.15, 0.2) is 131 Å². The number of amides is 2. The Morgan fingerprint density at radius 3 is 1.41 bits per heavy atom. The first-order chi connectivity index (χ1) is 50.9. The van der Waals surface area contributed by atoms with Crippen LogP contribution in [0.5, 0.6) is 28.7 Å². The van der Waals surface area contributed by atoms with Crippen LogP contribution in [0.25, 0.3) is 0 Å². The number of alkyl carbamates (subject to hydrolysis) is 2. The Labute approximate surface area is 639 Å². The first kappa shape index (κ1) is 88.2. The van der Waals surface area contributed by atoms with Crippen molar-refractivity contribution < 1.29 is 113 Å². The number of hydrogen-bond acceptors (Lipinski definition) is 25. The van der Waals surface area contributed by atoms with E-state index in [1.807, 2.05) is 88.4 Å². The number of sulfonamides is 2. The van der Waals surface area contributed by atoms with Crippen LogP contribution in [0.2, 0.25) is 0 Å². The normalized spacial score (nSPS) is 20.1. The molecule has 5 aromatic carbocycles. The predicted molar refractivity (Wildman–Crippen MR) is 400 cm³/mol. The Hall–Kier alpha value is -7.99. The van der Waals surface area contributed by atoms with Crippen molar-refractivity contribution in [3.8, 4) is 28.7 Å². The smallest absolute Gasteiger partial charge is 0.454 e. The molecule has 8 unspecified atom stereocenters. The van der Waals surface area contributed by atoms with Crippen molar-refractivity contribution >= 4 is 44.1 Å². The van der Waals surface area contributed by atoms with Crippen molar-refractivity contribution in [2.75, 3.05) is 79.4 Å². The lowest BCUT2D eigenvalue weighted by atomic mass is 9.87. The minimum Gasteiger partial charge on any atom is -0.454 e. The minimum absolute atomic E-state index is 0. The summed E-state index contributed by atoms with van der Waals surface area (Å²) < 4.78 is 124. The molecule has 0 aromatic heterocycles. The molecule has 6 N–H and O–H groups in total. The number of unbranched alkanes of at least 4 members (excludes halogenated alkanes) is 2. The second kappa shape index (κ2) is 40.3. The van der Waals surface area contributed by atoms with Crippen LogP contribution < -0.4 is 34.3 Å². The highest BCUT2D eigenvalue weighted by Crippen LogP contribution is 2.40. The number of carbonyl (C=O) groups is 3. The molecule has 6 heterocycles. The third-order valence-corrected chi connectivity index (χ3v) is 22.3. The van der Waals surface area contributed by atoms with Crippen molar-refractivity contribution in [1.29, 1.82) is 0 Å². The van der Waals surface area contributed by atoms with Gasteiger partial charge in [-0.1, -0.05) is 116 Å². The van der Waals surface area contributed by atoms with Gasteiger partial charge in [0.05, 0.1) is 77.3 Å². The average Bonchev–Trinajstić information content (AvgIpc) is 1.41. The Morgan fingerprint density at radius 1 is 0.569 bits per heavy atom. The number of rotatable bonds is 32. The van der Waals surface area contributed by atoms with E-state index >= 15 is 0 Å². The zero-order chi connectivity index (χ0) is 77.1. The fourth-order valence-electron chi connectivity index (χ4n) is 13.1. The number of nitrogens with zero attached hydrogens (tertiary/aromatic N) is 3. The van der Waals surface area contributed by atoms with Crippen LogP contribution in [-0.4, -0.2) is 203 Å². The summed E-state index contributed by atoms with van der Waals surface area (Å²) in [4.78, 5) is 47.6. The van der Waals surface area contributed by atoms with E-state index in [1.165, 1.54) is 57.1 Å². The summed E-state index contributed by atoms with van der Waals surface area (Å²) in [5.41, 5.74) is -0.0641. The Balaban J connectivity index is 0.000000239. The van der Waals surface area contributed by atoms with Gasteiger partial charge in [-0.15, -0.1) is 0 Å². The molecule has 2 amide bonds. The molecule has 6 aliphatic heterocycles. The molecule has 604 valence electrons. The van der Waals surface area contributed by atoms with Gasteiger partial charge < -0.3 is 87.9 Å². The summed E-state index contributed by atoms with van der Waals surface area (Å²) in [7, 11) is -8.23. The van der Waals surface area contributed by atoms with E-state index in [1.54, 1.807) is 32.9 Å². The van der Waals surface area contributed by atoms with E-state index in [0.29, 0.717) is 68.3 Å². The third-order valence-electron chi connectivity index (χ3n) is 18.7. The average molecular weight is 1570 g/mol. The van der Waals surface area contributed by atoms with E-state index in [9.17, 15) is 61.8 Å². The van der Waals surface area contributed by atoms with Crippen molar-refractivity contribution in [3.63, 3.8) is 0 Å². The molecular weight excluding hydrogens is 1460 g/mol. The molecule has 0 radical (unpaired) electrons. The molecule has 30 nitrogen and oxygen atoms in total. The maximum absolute atomic E-state index is 14.2. The van der Waals surface area contributed by atoms with Crippen LogP contribution in [-0.2, 0) is 66.0 Å². The van der Waals surface area contributed by atoms with Crippen LogP contribution in [0, 0.1) is 32.8 Å². The van der Waals surface area contributed by atoms with Gasteiger partial charge in [-0.05, 0) is 130 Å². The molecule has 0 aliphatic carbocycles. The maximum atomic E-state index is 14.2. The number of fused-ring (bicyclic) bond motifs is 4. The van der Waals surface area contributed by atoms with Crippen molar-refractivity contribution in [2.45, 2.75) is 192 Å². The number of non-ortho nitro benzene ring substituents is 1. The molecule has 4 saturated heterocycles. The lowest BCUT2D eigenvalue weighted by Gasteiger charge is -2.35. The molecule has 0 saturated carbocycles. The number of nitrogens with one attached hydrogen (secondary N) is 2. The zero-order valence-electron chi connectivity index (χ0n) is 61.4. The van der Waals surface area contributed by atoms with Crippen molar-refractivity contribution in [1.82, 2.24) is 19.2 Å². The number of aliphatic hydroxyl groups is 4. The van der Waals surface area contributed by atoms with Gasteiger partial charge in [0.1, 0.15) is 23.6 Å². The first-order valence-electron chi connectivity index (χ1n) is 35.9. The Bertz CT molecular complexity index is 3950. The second-order valence-corrected chi connectivity index (χ2v) is 33.5. The van der Waals surface area contributed by atoms with E-state index in [2.05, 4.69) is 10.6 Å². The van der Waals surface area contributed by atoms with Crippen molar-refractivity contribution in [2.24, 2.45) is 22.7 Å². The molecule has 4 fully saturated rings. The molecule has 5 aromatic rings. The van der Waals surface area contributed by atoms with Crippen LogP contribution in [0.3, 0.4) is 0 Å². The Kier molecular flexibility index (Phi) is 32.6. The van der Waals surface area contributed by atoms with Gasteiger partial charge in [-0.2, -0.15) is 8.61 Å². The highest BCUT2D eigenvalue weighted by atomic mass is 32.2. The summed E-state index contributed by atoms with van der Waals surface area (Å²) in [6, 6.07) is 31.0. The monoisotopic (exact) mass is 1570 g/mol. The van der Waals surface area contributed by atoms with E-state index < -0.39 is 90.1 Å². The van der Waals surface area contributed by atoms with E-state index in [4.69, 9.17) is 56.8 Å². The van der Waals surface area contributed by atoms with Gasteiger partial charge in [0.25, 0.3) is 5.69 Å². The number of aliphatic hydroxyl groups excluding tert-OH is 4. The van der Waals surface area contributed by atoms with Crippen LogP contribution in [0.4, 0.5) is 20.1 Å². The summed E-state index contributed by atoms with van der Waals surface area (Å²) in [5.74, 6) is 1.75. The van der Waals surface area contributed by atoms with Gasteiger partial charge in [0.15, 0.2) is 35.6 Å². The number of hydrogen-bond donors (Lipinski definition) is 6. The second-order valence-electron chi connectivity index (χ2n) is 29.6. The molecular formula is C77H109N5O25S2. The summed E-state index contributed by atoms with van der Waals surface area (Å²) >= 11 is 0. The SMILES string of the molecule is C.C.CC(C)(CCCCO)CN(CC(O)[C@H](Cc1ccccc1)NC(=O)OC(C)(C)C)S(=O)(=O)c1ccc2c(c1)OCO2.CC(C)(CCCCO)CN(CC(O)[C@H](Cc1ccccc1)NC(=O)OC1COC2OCCC12)S(=O)(=O)c1ccc2c(c1)OCO2.O=C(Oc1ccc([N+](=O)[O-])cc1)OC1COC2OCCC12. The fourth-order valence-corrected chi connectivity index (χ4v) is 16.5. The standard InChI is InChI=1S/C32H44N2O10S.C30H44N2O8S.C13H13NO7.2CH4/c1-32(2,13-6-7-14-35)20-34(45(38,39)23-10-11-27-28(17-23)43-21-42-27)18-26(36)25(16-22-8-4-3-5-9-22)33-31(37)44-29-19-41-30-24(29)12-15-40-30;1-29(2,3)40-28(35)31-24(17-22-11-7-6-8-12-22)25(34)19-32(20-30(4,5)15-9-10-16-33)41(36,37)23-13-14-26-27(18-23)39-21-38-26;15-13(20-9-3-1-8(2-4-9)14(16)17)21-11-7-19-12-10(11)5-6-18-12;;/h3-5,8-11,17,24-26,29-30,35-36H,6-7,12-16,18-21H2,1-2H3,(H,33,37);6-8,11-14,18,24-25,33-34H,9-10,15-17,19-21H2,1-5H3,(H,31,35);1-4,10-12H,5-7H2;2*1H4/t24?,25-,26?,29?,30?;24-,25?;;;/m00.../s1. The summed E-state index contributed by atoms with van der Waals surface area (Å²) in [6.07, 6.45) is -0.407. The lowest BCUT2D eigenvalue weighted by molar-refractivity contribution is -0.384. The van der Waals surface area contributed by atoms with Crippen molar-refractivity contribution in [3.05, 3.63) is 143 Å². The molecule has 0 bridgehead atoms. The Morgan fingerprint density at radius 2 is 0.991 bits per heavy atom. The number of nitro groups is 1. The quantitative estimate of drug-likeness (QED) is 0.00582. The first-order valence-corrected chi connectivity index (χ1v) is 38.8. The zero-order valence-corrected chi connectivity index (χ0v) is 63.0. The van der Waals surface area contributed by atoms with Gasteiger partial charge in [0.2, 0.25) is 33.6 Å². The van der Waals surface area contributed by atoms with E-state index in [-0.39, 0.29) is 146 Å². The minimum atomic E-state index is -4.13. The van der Waals surface area contributed by atoms with Gasteiger partial charge >= 0.3 is 18.3 Å². The maximum Gasteiger partial charge on any atom is 0.514 e. The highest BCUT2D eigenvalue weighted by Gasteiger charge is 2.46. The molecule has 109 heavy (non-hydrogen) atoms. The van der Waals surface area contributed by atoms with Gasteiger partial charge in [-0.25, -0.2) is 31.2 Å². The summed E-state index contributed by atoms with van der Waals surface area (Å²) in [6.45, 7) is 14.5.